The van der Waals surface area contributed by atoms with Crippen molar-refractivity contribution in [3.05, 3.63) is 35.4 Å². The van der Waals surface area contributed by atoms with Gasteiger partial charge < -0.3 is 14.8 Å². The Hall–Kier alpha value is -0.900. The van der Waals surface area contributed by atoms with E-state index in [0.717, 1.165) is 32.6 Å². The molecule has 0 unspecified atom stereocenters. The molecule has 1 heterocycles. The van der Waals surface area contributed by atoms with E-state index in [9.17, 15) is 0 Å². The van der Waals surface area contributed by atoms with Crippen LogP contribution in [0, 0.1) is 0 Å². The number of hydrogen-bond acceptors (Lipinski definition) is 3. The highest BCUT2D eigenvalue weighted by Gasteiger charge is 2.13. The Morgan fingerprint density at radius 3 is 2.82 bits per heavy atom. The molecule has 1 aromatic carbocycles. The van der Waals surface area contributed by atoms with Gasteiger partial charge in [0.2, 0.25) is 0 Å². The van der Waals surface area contributed by atoms with Crippen LogP contribution in [0.5, 0.6) is 0 Å². The van der Waals surface area contributed by atoms with Gasteiger partial charge >= 0.3 is 0 Å². The standard InChI is InChI=1S/C14H21NO2/c1-15-10-12-3-2-4-13(9-12)11-17-14-5-7-16-8-6-14/h2-4,9,14-15H,5-8,10-11H2,1H3. The van der Waals surface area contributed by atoms with Crippen LogP contribution >= 0.6 is 0 Å². The van der Waals surface area contributed by atoms with Gasteiger partial charge in [0.15, 0.2) is 0 Å². The van der Waals surface area contributed by atoms with Crippen LogP contribution in [0.2, 0.25) is 0 Å². The Morgan fingerprint density at radius 1 is 1.29 bits per heavy atom. The number of nitrogens with one attached hydrogen (secondary N) is 1. The van der Waals surface area contributed by atoms with Crippen molar-refractivity contribution in [1.82, 2.24) is 5.32 Å². The number of hydrogen-bond donors (Lipinski definition) is 1. The summed E-state index contributed by atoms with van der Waals surface area (Å²) in [5.74, 6) is 0. The number of rotatable bonds is 5. The fraction of sp³-hybridized carbons (Fsp3) is 0.571. The van der Waals surface area contributed by atoms with Gasteiger partial charge in [-0.2, -0.15) is 0 Å². The summed E-state index contributed by atoms with van der Waals surface area (Å²) in [6, 6.07) is 8.55. The van der Waals surface area contributed by atoms with Gasteiger partial charge in [0.1, 0.15) is 0 Å². The van der Waals surface area contributed by atoms with E-state index in [-0.39, 0.29) is 0 Å². The second kappa shape index (κ2) is 6.74. The van der Waals surface area contributed by atoms with E-state index in [1.165, 1.54) is 11.1 Å². The Bertz CT molecular complexity index is 335. The van der Waals surface area contributed by atoms with Crippen molar-refractivity contribution in [3.8, 4) is 0 Å². The maximum absolute atomic E-state index is 5.90. The lowest BCUT2D eigenvalue weighted by Gasteiger charge is -2.22. The summed E-state index contributed by atoms with van der Waals surface area (Å²) >= 11 is 0. The summed E-state index contributed by atoms with van der Waals surface area (Å²) in [5, 5.41) is 3.16. The van der Waals surface area contributed by atoms with Crippen LogP contribution < -0.4 is 5.32 Å². The van der Waals surface area contributed by atoms with Gasteiger partial charge in [-0.25, -0.2) is 0 Å². The Morgan fingerprint density at radius 2 is 2.06 bits per heavy atom. The maximum Gasteiger partial charge on any atom is 0.0720 e. The monoisotopic (exact) mass is 235 g/mol. The number of ether oxygens (including phenoxy) is 2. The first-order valence-corrected chi connectivity index (χ1v) is 6.30. The molecule has 0 aromatic heterocycles. The fourth-order valence-corrected chi connectivity index (χ4v) is 2.09. The van der Waals surface area contributed by atoms with Gasteiger partial charge in [-0.15, -0.1) is 0 Å². The first kappa shape index (κ1) is 12.6. The highest BCUT2D eigenvalue weighted by Crippen LogP contribution is 2.14. The molecule has 0 amide bonds. The van der Waals surface area contributed by atoms with Crippen LogP contribution in [-0.4, -0.2) is 26.4 Å². The minimum Gasteiger partial charge on any atom is -0.381 e. The number of benzene rings is 1. The van der Waals surface area contributed by atoms with Crippen molar-refractivity contribution in [1.29, 1.82) is 0 Å². The largest absolute Gasteiger partial charge is 0.381 e. The molecule has 0 bridgehead atoms. The van der Waals surface area contributed by atoms with Crippen molar-refractivity contribution in [3.63, 3.8) is 0 Å². The molecule has 3 heteroatoms. The van der Waals surface area contributed by atoms with Crippen LogP contribution in [0.1, 0.15) is 24.0 Å². The zero-order valence-corrected chi connectivity index (χ0v) is 10.4. The zero-order chi connectivity index (χ0) is 11.9. The first-order valence-electron chi connectivity index (χ1n) is 6.30. The van der Waals surface area contributed by atoms with Crippen LogP contribution in [0.3, 0.4) is 0 Å². The molecule has 0 radical (unpaired) electrons. The molecule has 1 aliphatic heterocycles. The third kappa shape index (κ3) is 4.11. The molecule has 2 rings (SSSR count). The molecule has 0 atom stereocenters. The lowest BCUT2D eigenvalue weighted by Crippen LogP contribution is -2.23. The van der Waals surface area contributed by atoms with Gasteiger partial charge in [0.05, 0.1) is 12.7 Å². The van der Waals surface area contributed by atoms with Gasteiger partial charge in [0, 0.05) is 19.8 Å². The SMILES string of the molecule is CNCc1cccc(COC2CCOCC2)c1. The third-order valence-electron chi connectivity index (χ3n) is 3.03. The van der Waals surface area contributed by atoms with E-state index in [1.54, 1.807) is 0 Å². The van der Waals surface area contributed by atoms with Crippen molar-refractivity contribution in [2.24, 2.45) is 0 Å². The smallest absolute Gasteiger partial charge is 0.0720 e. The molecule has 1 N–H and O–H groups in total. The molecule has 17 heavy (non-hydrogen) atoms. The van der Waals surface area contributed by atoms with Crippen molar-refractivity contribution in [2.75, 3.05) is 20.3 Å². The molecular formula is C14H21NO2. The molecule has 1 aromatic rings. The minimum atomic E-state index is 0.372. The predicted octanol–water partition coefficient (Wildman–Crippen LogP) is 2.10. The average molecular weight is 235 g/mol. The maximum atomic E-state index is 5.90. The van der Waals surface area contributed by atoms with Crippen LogP contribution in [0.15, 0.2) is 24.3 Å². The van der Waals surface area contributed by atoms with Crippen molar-refractivity contribution in [2.45, 2.75) is 32.1 Å². The highest BCUT2D eigenvalue weighted by atomic mass is 16.5. The topological polar surface area (TPSA) is 30.5 Å². The molecule has 3 nitrogen and oxygen atoms in total. The summed E-state index contributed by atoms with van der Waals surface area (Å²) in [6.07, 6.45) is 2.42. The molecule has 1 aliphatic rings. The van der Waals surface area contributed by atoms with E-state index in [1.807, 2.05) is 7.05 Å². The summed E-state index contributed by atoms with van der Waals surface area (Å²) < 4.78 is 11.2. The average Bonchev–Trinajstić information content (AvgIpc) is 2.39. The second-order valence-electron chi connectivity index (χ2n) is 4.47. The lowest BCUT2D eigenvalue weighted by molar-refractivity contribution is -0.0390. The quantitative estimate of drug-likeness (QED) is 0.848. The summed E-state index contributed by atoms with van der Waals surface area (Å²) in [5.41, 5.74) is 2.56. The zero-order valence-electron chi connectivity index (χ0n) is 10.4. The minimum absolute atomic E-state index is 0.372. The van der Waals surface area contributed by atoms with Crippen molar-refractivity contribution < 1.29 is 9.47 Å². The predicted molar refractivity (Wildman–Crippen MR) is 67.8 cm³/mol. The van der Waals surface area contributed by atoms with E-state index in [2.05, 4.69) is 29.6 Å². The Balaban J connectivity index is 1.83. The van der Waals surface area contributed by atoms with E-state index in [0.29, 0.717) is 12.7 Å². The molecule has 1 saturated heterocycles. The summed E-state index contributed by atoms with van der Waals surface area (Å²) in [4.78, 5) is 0. The van der Waals surface area contributed by atoms with Gasteiger partial charge in [-0.05, 0) is 31.0 Å². The van der Waals surface area contributed by atoms with E-state index in [4.69, 9.17) is 9.47 Å². The Kier molecular flexibility index (Phi) is 4.98. The molecular weight excluding hydrogens is 214 g/mol. The molecule has 94 valence electrons. The van der Waals surface area contributed by atoms with Crippen molar-refractivity contribution >= 4 is 0 Å². The van der Waals surface area contributed by atoms with E-state index < -0.39 is 0 Å². The molecule has 0 aliphatic carbocycles. The Labute approximate surface area is 103 Å². The van der Waals surface area contributed by atoms with Crippen LogP contribution in [-0.2, 0) is 22.6 Å². The van der Waals surface area contributed by atoms with Gasteiger partial charge in [-0.1, -0.05) is 24.3 Å². The summed E-state index contributed by atoms with van der Waals surface area (Å²) in [6.45, 7) is 3.29. The summed E-state index contributed by atoms with van der Waals surface area (Å²) in [7, 11) is 1.96. The third-order valence-corrected chi connectivity index (χ3v) is 3.03. The van der Waals surface area contributed by atoms with E-state index >= 15 is 0 Å². The second-order valence-corrected chi connectivity index (χ2v) is 4.47. The van der Waals surface area contributed by atoms with Crippen LogP contribution in [0.25, 0.3) is 0 Å². The van der Waals surface area contributed by atoms with Gasteiger partial charge in [-0.3, -0.25) is 0 Å². The molecule has 0 saturated carbocycles. The molecule has 1 fully saturated rings. The van der Waals surface area contributed by atoms with Crippen LogP contribution in [0.4, 0.5) is 0 Å². The molecule has 0 spiro atoms. The van der Waals surface area contributed by atoms with Gasteiger partial charge in [0.25, 0.3) is 0 Å². The normalized spacial score (nSPS) is 17.2. The highest BCUT2D eigenvalue weighted by molar-refractivity contribution is 5.22. The lowest BCUT2D eigenvalue weighted by atomic mass is 10.1. The fourth-order valence-electron chi connectivity index (χ4n) is 2.09. The first-order chi connectivity index (χ1) is 8.38.